The molecular weight excluding hydrogens is 336 g/mol. The number of nitrogens with zero attached hydrogens (tertiary/aromatic N) is 2. The summed E-state index contributed by atoms with van der Waals surface area (Å²) < 4.78 is 0. The highest BCUT2D eigenvalue weighted by Crippen LogP contribution is 2.39. The van der Waals surface area contributed by atoms with Crippen molar-refractivity contribution in [3.05, 3.63) is 48.0 Å². The molecule has 0 unspecified atom stereocenters. The molecular formula is C23H34N2O2. The second kappa shape index (κ2) is 9.52. The molecule has 1 spiro atoms. The van der Waals surface area contributed by atoms with Crippen LogP contribution in [0.3, 0.4) is 0 Å². The lowest BCUT2D eigenvalue weighted by Gasteiger charge is -2.51. The van der Waals surface area contributed by atoms with Crippen LogP contribution in [0.1, 0.15) is 51.0 Å². The Balaban J connectivity index is 1.61. The third kappa shape index (κ3) is 5.20. The van der Waals surface area contributed by atoms with Crippen LogP contribution in [-0.2, 0) is 11.3 Å². The van der Waals surface area contributed by atoms with Gasteiger partial charge in [0.15, 0.2) is 0 Å². The van der Waals surface area contributed by atoms with Gasteiger partial charge >= 0.3 is 0 Å². The molecule has 0 aromatic heterocycles. The van der Waals surface area contributed by atoms with Crippen LogP contribution >= 0.6 is 0 Å². The van der Waals surface area contributed by atoms with Crippen molar-refractivity contribution in [3.8, 4) is 0 Å². The van der Waals surface area contributed by atoms with E-state index >= 15 is 0 Å². The number of unbranched alkanes of at least 4 members (excludes halogenated alkanes) is 1. The molecule has 1 amide bonds. The molecule has 1 aromatic rings. The van der Waals surface area contributed by atoms with Gasteiger partial charge in [-0.15, -0.1) is 0 Å². The fraction of sp³-hybridized carbons (Fsp3) is 0.609. The lowest BCUT2D eigenvalue weighted by atomic mass is 9.71. The van der Waals surface area contributed by atoms with Gasteiger partial charge < -0.3 is 10.0 Å². The maximum absolute atomic E-state index is 12.7. The van der Waals surface area contributed by atoms with E-state index in [9.17, 15) is 9.90 Å². The van der Waals surface area contributed by atoms with E-state index in [4.69, 9.17) is 0 Å². The number of aliphatic hydroxyl groups is 1. The normalized spacial score (nSPS) is 26.7. The van der Waals surface area contributed by atoms with Gasteiger partial charge in [-0.2, -0.15) is 0 Å². The van der Waals surface area contributed by atoms with Crippen molar-refractivity contribution in [1.29, 1.82) is 0 Å². The highest BCUT2D eigenvalue weighted by Gasteiger charge is 2.46. The summed E-state index contributed by atoms with van der Waals surface area (Å²) in [5.41, 5.74) is 1.15. The van der Waals surface area contributed by atoms with Crippen LogP contribution in [0.2, 0.25) is 0 Å². The van der Waals surface area contributed by atoms with Crippen LogP contribution in [0.15, 0.2) is 42.5 Å². The fourth-order valence-corrected chi connectivity index (χ4v) is 4.69. The zero-order chi connectivity index (χ0) is 19.1. The molecule has 148 valence electrons. The second-order valence-electron chi connectivity index (χ2n) is 8.24. The van der Waals surface area contributed by atoms with Crippen LogP contribution < -0.4 is 0 Å². The molecule has 4 nitrogen and oxygen atoms in total. The smallest absolute Gasteiger partial charge is 0.222 e. The predicted molar refractivity (Wildman–Crippen MR) is 109 cm³/mol. The van der Waals surface area contributed by atoms with Crippen LogP contribution in [0.4, 0.5) is 0 Å². The quantitative estimate of drug-likeness (QED) is 0.614. The number of carbonyl (C=O) groups is 1. The van der Waals surface area contributed by atoms with Gasteiger partial charge in [0, 0.05) is 44.6 Å². The van der Waals surface area contributed by atoms with E-state index < -0.39 is 0 Å². The molecule has 0 aliphatic carbocycles. The van der Waals surface area contributed by atoms with Crippen molar-refractivity contribution in [2.75, 3.05) is 26.2 Å². The van der Waals surface area contributed by atoms with Crippen molar-refractivity contribution < 1.29 is 9.90 Å². The minimum Gasteiger partial charge on any atom is -0.392 e. The number of piperidine rings is 2. The summed E-state index contributed by atoms with van der Waals surface area (Å²) >= 11 is 0. The Morgan fingerprint density at radius 3 is 2.85 bits per heavy atom. The van der Waals surface area contributed by atoms with Crippen molar-refractivity contribution in [2.24, 2.45) is 5.41 Å². The molecule has 0 saturated carbocycles. The van der Waals surface area contributed by atoms with E-state index in [2.05, 4.69) is 35.2 Å². The zero-order valence-electron chi connectivity index (χ0n) is 16.6. The third-order valence-electron chi connectivity index (χ3n) is 6.17. The highest BCUT2D eigenvalue weighted by molar-refractivity contribution is 5.76. The Morgan fingerprint density at radius 2 is 2.07 bits per heavy atom. The molecule has 0 radical (unpaired) electrons. The predicted octanol–water partition coefficient (Wildman–Crippen LogP) is 3.61. The summed E-state index contributed by atoms with van der Waals surface area (Å²) in [6.07, 6.45) is 9.17. The van der Waals surface area contributed by atoms with Crippen molar-refractivity contribution in [2.45, 2.75) is 58.1 Å². The monoisotopic (exact) mass is 370 g/mol. The average Bonchev–Trinajstić information content (AvgIpc) is 2.69. The lowest BCUT2D eigenvalue weighted by Crippen LogP contribution is -2.59. The number of aliphatic hydroxyl groups excluding tert-OH is 1. The maximum atomic E-state index is 12.7. The molecule has 2 saturated heterocycles. The van der Waals surface area contributed by atoms with Crippen LogP contribution in [0, 0.1) is 5.41 Å². The number of rotatable bonds is 6. The fourth-order valence-electron chi connectivity index (χ4n) is 4.69. The maximum Gasteiger partial charge on any atom is 0.222 e. The Morgan fingerprint density at radius 1 is 1.26 bits per heavy atom. The molecule has 1 N–H and O–H groups in total. The molecule has 2 heterocycles. The van der Waals surface area contributed by atoms with Crippen LogP contribution in [0.25, 0.3) is 0 Å². The number of carbonyl (C=O) groups excluding carboxylic acids is 1. The highest BCUT2D eigenvalue weighted by atomic mass is 16.3. The van der Waals surface area contributed by atoms with Crippen LogP contribution in [0.5, 0.6) is 0 Å². The molecule has 0 bridgehead atoms. The van der Waals surface area contributed by atoms with E-state index in [1.807, 2.05) is 24.0 Å². The topological polar surface area (TPSA) is 43.8 Å². The van der Waals surface area contributed by atoms with Gasteiger partial charge in [0.1, 0.15) is 0 Å². The number of amides is 1. The third-order valence-corrected chi connectivity index (χ3v) is 6.17. The minimum atomic E-state index is -0.303. The molecule has 2 atom stereocenters. The van der Waals surface area contributed by atoms with E-state index in [1.165, 1.54) is 5.56 Å². The molecule has 1 aromatic carbocycles. The first-order valence-electron chi connectivity index (χ1n) is 10.5. The van der Waals surface area contributed by atoms with E-state index in [0.29, 0.717) is 13.0 Å². The molecule has 4 heteroatoms. The Kier molecular flexibility index (Phi) is 7.08. The number of hydrogen-bond donors (Lipinski definition) is 1. The first-order chi connectivity index (χ1) is 13.1. The first-order valence-corrected chi connectivity index (χ1v) is 10.5. The van der Waals surface area contributed by atoms with E-state index in [0.717, 1.165) is 58.3 Å². The second-order valence-corrected chi connectivity index (χ2v) is 8.24. The lowest BCUT2D eigenvalue weighted by molar-refractivity contribution is -0.141. The van der Waals surface area contributed by atoms with Gasteiger partial charge in [0.05, 0.1) is 6.10 Å². The largest absolute Gasteiger partial charge is 0.392 e. The molecule has 2 aliphatic heterocycles. The summed E-state index contributed by atoms with van der Waals surface area (Å²) in [5.74, 6) is 0.256. The molecule has 2 aliphatic rings. The summed E-state index contributed by atoms with van der Waals surface area (Å²) in [6.45, 7) is 6.30. The Bertz CT molecular complexity index is 631. The summed E-state index contributed by atoms with van der Waals surface area (Å²) in [5, 5.41) is 10.8. The van der Waals surface area contributed by atoms with Gasteiger partial charge in [-0.05, 0) is 44.6 Å². The minimum absolute atomic E-state index is 0.162. The zero-order valence-corrected chi connectivity index (χ0v) is 16.6. The first kappa shape index (κ1) is 20.1. The number of benzene rings is 1. The van der Waals surface area contributed by atoms with Crippen molar-refractivity contribution in [1.82, 2.24) is 9.80 Å². The Hall–Kier alpha value is -1.65. The number of hydrogen-bond acceptors (Lipinski definition) is 3. The molecule has 2 fully saturated rings. The van der Waals surface area contributed by atoms with E-state index in [1.54, 1.807) is 0 Å². The summed E-state index contributed by atoms with van der Waals surface area (Å²) in [4.78, 5) is 17.2. The molecule has 27 heavy (non-hydrogen) atoms. The Labute approximate surface area is 163 Å². The SMILES string of the molecule is CC=CCCCC(=O)N1CCC[C@@]2(CN(Cc3ccccc3)CC[C@H]2O)C1. The average molecular weight is 371 g/mol. The number of likely N-dealkylation sites (tertiary alicyclic amines) is 2. The summed E-state index contributed by atoms with van der Waals surface area (Å²) in [7, 11) is 0. The number of allylic oxidation sites excluding steroid dienone is 2. The van der Waals surface area contributed by atoms with Gasteiger partial charge in [0.2, 0.25) is 5.91 Å². The molecule has 3 rings (SSSR count). The van der Waals surface area contributed by atoms with Gasteiger partial charge in [0.25, 0.3) is 0 Å². The van der Waals surface area contributed by atoms with E-state index in [-0.39, 0.29) is 17.4 Å². The standard InChI is InChI=1S/C23H34N2O2/c1-2-3-4-8-12-22(27)25-15-9-14-23(19-25)18-24(16-13-21(23)26)17-20-10-6-5-7-11-20/h2-3,5-7,10-11,21,26H,4,8-9,12-19H2,1H3/t21-,23-/m1/s1. The van der Waals surface area contributed by atoms with Gasteiger partial charge in [-0.25, -0.2) is 0 Å². The van der Waals surface area contributed by atoms with Crippen LogP contribution in [-0.4, -0.2) is 53.1 Å². The summed E-state index contributed by atoms with van der Waals surface area (Å²) in [6, 6.07) is 10.5. The van der Waals surface area contributed by atoms with Gasteiger partial charge in [-0.3, -0.25) is 9.69 Å². The van der Waals surface area contributed by atoms with Crippen molar-refractivity contribution in [3.63, 3.8) is 0 Å². The van der Waals surface area contributed by atoms with Gasteiger partial charge in [-0.1, -0.05) is 42.5 Å². The van der Waals surface area contributed by atoms with Crippen molar-refractivity contribution >= 4 is 5.91 Å².